The second-order valence-electron chi connectivity index (χ2n) is 4.31. The summed E-state index contributed by atoms with van der Waals surface area (Å²) in [5.74, 6) is 0. The molecule has 0 aliphatic heterocycles. The van der Waals surface area contributed by atoms with Crippen molar-refractivity contribution >= 4 is 17.4 Å². The van der Waals surface area contributed by atoms with Crippen LogP contribution in [0.2, 0.25) is 0 Å². The Bertz CT molecular complexity index is 380. The zero-order chi connectivity index (χ0) is 12.3. The second kappa shape index (κ2) is 5.76. The van der Waals surface area contributed by atoms with Gasteiger partial charge in [-0.25, -0.2) is 0 Å². The maximum absolute atomic E-state index is 9.19. The average Bonchev–Trinajstić information content (AvgIpc) is 3.19. The predicted octanol–water partition coefficient (Wildman–Crippen LogP) is 1.83. The number of aliphatic hydroxyl groups excluding tert-OH is 1. The molecule has 0 bridgehead atoms. The van der Waals surface area contributed by atoms with Crippen molar-refractivity contribution in [2.75, 3.05) is 24.3 Å². The standard InChI is InChI=1S/C13H20N2OS/c1-17-13-4-2-3-12(11(13)9-14)15(7-8-16)10-5-6-10/h2-4,10,16H,5-9,14H2,1H3. The lowest BCUT2D eigenvalue weighted by molar-refractivity contribution is 0.301. The molecule has 0 amide bonds. The zero-order valence-electron chi connectivity index (χ0n) is 10.2. The van der Waals surface area contributed by atoms with E-state index >= 15 is 0 Å². The van der Waals surface area contributed by atoms with Gasteiger partial charge in [0, 0.05) is 35.3 Å². The molecule has 1 aliphatic carbocycles. The van der Waals surface area contributed by atoms with Crippen LogP contribution in [0.25, 0.3) is 0 Å². The number of thioether (sulfide) groups is 1. The van der Waals surface area contributed by atoms with Crippen LogP contribution in [0.3, 0.4) is 0 Å². The Balaban J connectivity index is 2.34. The third-order valence-electron chi connectivity index (χ3n) is 3.17. The summed E-state index contributed by atoms with van der Waals surface area (Å²) in [5.41, 5.74) is 8.29. The quantitative estimate of drug-likeness (QED) is 0.758. The predicted molar refractivity (Wildman–Crippen MR) is 73.6 cm³/mol. The average molecular weight is 252 g/mol. The van der Waals surface area contributed by atoms with E-state index in [0.717, 1.165) is 0 Å². The summed E-state index contributed by atoms with van der Waals surface area (Å²) >= 11 is 1.73. The number of hydrogen-bond acceptors (Lipinski definition) is 4. The molecule has 1 saturated carbocycles. The third-order valence-corrected chi connectivity index (χ3v) is 3.99. The van der Waals surface area contributed by atoms with Crippen LogP contribution < -0.4 is 10.6 Å². The van der Waals surface area contributed by atoms with Crippen molar-refractivity contribution in [1.29, 1.82) is 0 Å². The molecule has 1 aromatic carbocycles. The van der Waals surface area contributed by atoms with Crippen LogP contribution in [-0.4, -0.2) is 30.6 Å². The molecule has 94 valence electrons. The molecule has 0 radical (unpaired) electrons. The van der Waals surface area contributed by atoms with Gasteiger partial charge < -0.3 is 15.7 Å². The number of aliphatic hydroxyl groups is 1. The van der Waals surface area contributed by atoms with Gasteiger partial charge in [-0.1, -0.05) is 6.07 Å². The lowest BCUT2D eigenvalue weighted by Crippen LogP contribution is -2.30. The lowest BCUT2D eigenvalue weighted by atomic mass is 10.1. The van der Waals surface area contributed by atoms with Gasteiger partial charge >= 0.3 is 0 Å². The Morgan fingerprint density at radius 1 is 1.47 bits per heavy atom. The minimum atomic E-state index is 0.198. The molecule has 0 heterocycles. The number of nitrogens with zero attached hydrogens (tertiary/aromatic N) is 1. The first-order valence-corrected chi connectivity index (χ1v) is 7.27. The minimum absolute atomic E-state index is 0.198. The van der Waals surface area contributed by atoms with Gasteiger partial charge in [-0.15, -0.1) is 11.8 Å². The van der Waals surface area contributed by atoms with Crippen LogP contribution >= 0.6 is 11.8 Å². The topological polar surface area (TPSA) is 49.5 Å². The highest BCUT2D eigenvalue weighted by molar-refractivity contribution is 7.98. The van der Waals surface area contributed by atoms with Crippen LogP contribution in [0.1, 0.15) is 18.4 Å². The molecule has 17 heavy (non-hydrogen) atoms. The molecule has 0 unspecified atom stereocenters. The van der Waals surface area contributed by atoms with Crippen LogP contribution in [0.15, 0.2) is 23.1 Å². The first-order chi connectivity index (χ1) is 8.31. The van der Waals surface area contributed by atoms with Crippen molar-refractivity contribution < 1.29 is 5.11 Å². The first kappa shape index (κ1) is 12.7. The summed E-state index contributed by atoms with van der Waals surface area (Å²) in [4.78, 5) is 3.55. The van der Waals surface area contributed by atoms with Gasteiger partial charge in [0.2, 0.25) is 0 Å². The molecule has 0 atom stereocenters. The third kappa shape index (κ3) is 2.76. The van der Waals surface area contributed by atoms with Crippen molar-refractivity contribution in [3.8, 4) is 0 Å². The molecule has 1 fully saturated rings. The largest absolute Gasteiger partial charge is 0.395 e. The molecule has 3 nitrogen and oxygen atoms in total. The molecular formula is C13H20N2OS. The van der Waals surface area contributed by atoms with Crippen LogP contribution in [-0.2, 0) is 6.54 Å². The summed E-state index contributed by atoms with van der Waals surface area (Å²) in [6.07, 6.45) is 4.53. The van der Waals surface area contributed by atoms with Crippen molar-refractivity contribution in [3.05, 3.63) is 23.8 Å². The molecular weight excluding hydrogens is 232 g/mol. The molecule has 1 aromatic rings. The smallest absolute Gasteiger partial charge is 0.0606 e. The van der Waals surface area contributed by atoms with E-state index in [9.17, 15) is 5.11 Å². The maximum atomic E-state index is 9.19. The minimum Gasteiger partial charge on any atom is -0.395 e. The molecule has 0 saturated heterocycles. The van der Waals surface area contributed by atoms with E-state index in [1.165, 1.54) is 29.0 Å². The Morgan fingerprint density at radius 2 is 2.24 bits per heavy atom. The Labute approximate surface area is 107 Å². The van der Waals surface area contributed by atoms with E-state index in [4.69, 9.17) is 5.73 Å². The van der Waals surface area contributed by atoms with E-state index < -0.39 is 0 Å². The van der Waals surface area contributed by atoms with E-state index in [0.29, 0.717) is 19.1 Å². The fourth-order valence-corrected chi connectivity index (χ4v) is 2.86. The molecule has 0 spiro atoms. The summed E-state index contributed by atoms with van der Waals surface area (Å²) < 4.78 is 0. The Morgan fingerprint density at radius 3 is 2.76 bits per heavy atom. The van der Waals surface area contributed by atoms with Crippen LogP contribution in [0.5, 0.6) is 0 Å². The van der Waals surface area contributed by atoms with Crippen molar-refractivity contribution in [2.24, 2.45) is 5.73 Å². The summed E-state index contributed by atoms with van der Waals surface area (Å²) in [6.45, 7) is 1.46. The van der Waals surface area contributed by atoms with Crippen molar-refractivity contribution in [1.82, 2.24) is 0 Å². The van der Waals surface area contributed by atoms with Crippen LogP contribution in [0, 0.1) is 0 Å². The monoisotopic (exact) mass is 252 g/mol. The number of anilines is 1. The van der Waals surface area contributed by atoms with Gasteiger partial charge in [0.05, 0.1) is 6.61 Å². The van der Waals surface area contributed by atoms with E-state index in [1.807, 2.05) is 0 Å². The molecule has 0 aromatic heterocycles. The Kier molecular flexibility index (Phi) is 4.31. The normalized spacial score (nSPS) is 15.0. The van der Waals surface area contributed by atoms with E-state index in [-0.39, 0.29) is 6.61 Å². The Hall–Kier alpha value is -0.710. The van der Waals surface area contributed by atoms with Crippen molar-refractivity contribution in [3.63, 3.8) is 0 Å². The van der Waals surface area contributed by atoms with Gasteiger partial charge in [0.1, 0.15) is 0 Å². The van der Waals surface area contributed by atoms with Crippen molar-refractivity contribution in [2.45, 2.75) is 30.3 Å². The summed E-state index contributed by atoms with van der Waals surface area (Å²) in [5, 5.41) is 9.19. The highest BCUT2D eigenvalue weighted by Crippen LogP contribution is 2.36. The molecule has 4 heteroatoms. The van der Waals surface area contributed by atoms with Crippen LogP contribution in [0.4, 0.5) is 5.69 Å². The summed E-state index contributed by atoms with van der Waals surface area (Å²) in [6, 6.07) is 6.91. The lowest BCUT2D eigenvalue weighted by Gasteiger charge is -2.27. The summed E-state index contributed by atoms with van der Waals surface area (Å²) in [7, 11) is 0. The van der Waals surface area contributed by atoms with Gasteiger partial charge in [-0.05, 0) is 31.2 Å². The van der Waals surface area contributed by atoms with Gasteiger partial charge in [-0.2, -0.15) is 0 Å². The zero-order valence-corrected chi connectivity index (χ0v) is 11.0. The van der Waals surface area contributed by atoms with Gasteiger partial charge in [-0.3, -0.25) is 0 Å². The van der Waals surface area contributed by atoms with E-state index in [2.05, 4.69) is 29.4 Å². The van der Waals surface area contributed by atoms with Gasteiger partial charge in [0.15, 0.2) is 0 Å². The van der Waals surface area contributed by atoms with E-state index in [1.54, 1.807) is 11.8 Å². The fraction of sp³-hybridized carbons (Fsp3) is 0.538. The number of nitrogens with two attached hydrogens (primary N) is 1. The first-order valence-electron chi connectivity index (χ1n) is 6.05. The highest BCUT2D eigenvalue weighted by atomic mass is 32.2. The molecule has 2 rings (SSSR count). The number of benzene rings is 1. The molecule has 1 aliphatic rings. The number of hydrogen-bond donors (Lipinski definition) is 2. The number of rotatable bonds is 6. The molecule has 3 N–H and O–H groups in total. The highest BCUT2D eigenvalue weighted by Gasteiger charge is 2.30. The maximum Gasteiger partial charge on any atom is 0.0606 e. The fourth-order valence-electron chi connectivity index (χ4n) is 2.21. The van der Waals surface area contributed by atoms with Gasteiger partial charge in [0.25, 0.3) is 0 Å². The second-order valence-corrected chi connectivity index (χ2v) is 5.16. The SMILES string of the molecule is CSc1cccc(N(CCO)C2CC2)c1CN.